The summed E-state index contributed by atoms with van der Waals surface area (Å²) in [6.07, 6.45) is 12.2. The second kappa shape index (κ2) is 59.3. The molecule has 1 fully saturated rings. The van der Waals surface area contributed by atoms with Gasteiger partial charge in [0.05, 0.1) is 19.7 Å². The van der Waals surface area contributed by atoms with Gasteiger partial charge in [-0.2, -0.15) is 5.06 Å². The number of rotatable bonds is 13. The largest absolute Gasteiger partial charge is 0.358 e. The molecular formula is C48H88N18O17. The highest BCUT2D eigenvalue weighted by atomic mass is 16.7. The molecule has 83 heavy (non-hydrogen) atoms. The van der Waals surface area contributed by atoms with Crippen molar-refractivity contribution in [2.75, 3.05) is 124 Å². The Morgan fingerprint density at radius 1 is 0.361 bits per heavy atom. The highest BCUT2D eigenvalue weighted by Gasteiger charge is 2.32. The quantitative estimate of drug-likeness (QED) is 0.0762. The summed E-state index contributed by atoms with van der Waals surface area (Å²) < 4.78 is 0. The van der Waals surface area contributed by atoms with E-state index in [-0.39, 0.29) is 75.7 Å². The van der Waals surface area contributed by atoms with E-state index < -0.39 is 70.9 Å². The van der Waals surface area contributed by atoms with Crippen LogP contribution in [0.25, 0.3) is 0 Å². The van der Waals surface area contributed by atoms with E-state index in [0.29, 0.717) is 11.5 Å². The molecule has 6 aliphatic heterocycles. The Morgan fingerprint density at radius 2 is 0.554 bits per heavy atom. The first-order chi connectivity index (χ1) is 39.7. The third-order valence-corrected chi connectivity index (χ3v) is 8.51. The highest BCUT2D eigenvalue weighted by molar-refractivity contribution is 6.17. The number of imide groups is 6. The molecule has 35 heteroatoms. The van der Waals surface area contributed by atoms with Crippen LogP contribution in [0.2, 0.25) is 0 Å². The minimum absolute atomic E-state index is 0.0156. The maximum Gasteiger partial charge on any atom is 0.254 e. The Balaban J connectivity index is -0.000000132. The Kier molecular flexibility index (Phi) is 64.9. The fraction of sp³-hybridized carbons (Fsp3) is 0.458. The van der Waals surface area contributed by atoms with Crippen molar-refractivity contribution in [2.45, 2.75) is 26.2 Å². The molecular weight excluding hydrogens is 1100 g/mol. The minimum atomic E-state index is -0.441. The van der Waals surface area contributed by atoms with Gasteiger partial charge in [0.1, 0.15) is 19.6 Å². The molecule has 6 aliphatic rings. The van der Waals surface area contributed by atoms with Crippen molar-refractivity contribution in [3.8, 4) is 0 Å². The van der Waals surface area contributed by atoms with E-state index in [0.717, 1.165) is 73.1 Å². The lowest BCUT2D eigenvalue weighted by molar-refractivity contribution is -0.188. The third kappa shape index (κ3) is 37.7. The van der Waals surface area contributed by atoms with Crippen LogP contribution in [0, 0.1) is 0 Å². The first-order valence-electron chi connectivity index (χ1n) is 24.2. The smallest absolute Gasteiger partial charge is 0.254 e. The van der Waals surface area contributed by atoms with Crippen molar-refractivity contribution in [1.29, 1.82) is 0 Å². The molecule has 0 aromatic heterocycles. The lowest BCUT2D eigenvalue weighted by Gasteiger charge is -2.16. The average molecular weight is 1190 g/mol. The first kappa shape index (κ1) is 90.7. The number of amides is 15. The summed E-state index contributed by atoms with van der Waals surface area (Å²) in [6.45, 7) is 0.920. The van der Waals surface area contributed by atoms with E-state index in [1.54, 1.807) is 6.92 Å². The molecule has 0 bridgehead atoms. The van der Waals surface area contributed by atoms with E-state index in [2.05, 4.69) is 67.6 Å². The van der Waals surface area contributed by atoms with Crippen molar-refractivity contribution in [3.05, 3.63) is 60.8 Å². The number of hydrogen-bond acceptors (Lipinski definition) is 26. The van der Waals surface area contributed by atoms with Gasteiger partial charge in [-0.05, 0) is 63.4 Å². The molecule has 21 N–H and O–H groups in total. The van der Waals surface area contributed by atoms with Crippen LogP contribution in [0.1, 0.15) is 26.2 Å². The van der Waals surface area contributed by atoms with Crippen LogP contribution < -0.4 is 67.6 Å². The predicted octanol–water partition coefficient (Wildman–Crippen LogP) is -8.97. The van der Waals surface area contributed by atoms with Crippen LogP contribution >= 0.6 is 0 Å². The monoisotopic (exact) mass is 1190 g/mol. The number of nitrogens with one attached hydrogen (secondary N) is 3. The van der Waals surface area contributed by atoms with Crippen molar-refractivity contribution in [2.24, 2.45) is 51.6 Å². The minimum Gasteiger partial charge on any atom is -0.358 e. The van der Waals surface area contributed by atoms with Crippen LogP contribution in [0.3, 0.4) is 0 Å². The molecule has 0 aliphatic carbocycles. The Hall–Kier alpha value is -8.78. The number of Topliss-reactive ketones (excluding diaryl/α,β-unsaturated/α-hetero) is 1. The van der Waals surface area contributed by atoms with Crippen LogP contribution in [0.15, 0.2) is 60.8 Å². The second-order valence-electron chi connectivity index (χ2n) is 12.9. The van der Waals surface area contributed by atoms with E-state index in [1.807, 2.05) is 0 Å². The van der Waals surface area contributed by atoms with Crippen molar-refractivity contribution in [1.82, 2.24) is 45.5 Å². The summed E-state index contributed by atoms with van der Waals surface area (Å²) in [5.74, 6) is -6.27. The molecule has 0 unspecified atom stereocenters. The Labute approximate surface area is 482 Å². The lowest BCUT2D eigenvalue weighted by Crippen LogP contribution is -2.39. The van der Waals surface area contributed by atoms with Gasteiger partial charge in [-0.1, -0.05) is 6.92 Å². The van der Waals surface area contributed by atoms with Crippen molar-refractivity contribution < 1.29 is 81.6 Å². The number of hydrogen-bond donors (Lipinski definition) is 12. The van der Waals surface area contributed by atoms with Crippen LogP contribution in [0.4, 0.5) is 0 Å². The van der Waals surface area contributed by atoms with Gasteiger partial charge >= 0.3 is 0 Å². The molecule has 472 valence electrons. The number of likely N-dealkylation sites (N-methyl/N-ethyl adjacent to an activating group) is 3. The maximum absolute atomic E-state index is 11.2. The van der Waals surface area contributed by atoms with E-state index in [9.17, 15) is 76.7 Å². The van der Waals surface area contributed by atoms with Gasteiger partial charge in [-0.15, -0.1) is 0 Å². The number of ketones is 1. The van der Waals surface area contributed by atoms with Gasteiger partial charge in [0.25, 0.3) is 70.9 Å². The highest BCUT2D eigenvalue weighted by Crippen LogP contribution is 2.12. The molecule has 0 saturated carbocycles. The van der Waals surface area contributed by atoms with Crippen molar-refractivity contribution >= 4 is 94.4 Å². The topological polar surface area (TPSA) is 572 Å². The molecule has 6 rings (SSSR count). The zero-order chi connectivity index (χ0) is 67.0. The summed E-state index contributed by atoms with van der Waals surface area (Å²) in [5, 5.41) is 7.65. The number of hydroxylamine groups is 2. The summed E-state index contributed by atoms with van der Waals surface area (Å²) in [5.41, 5.74) is 40.5. The lowest BCUT2D eigenvalue weighted by atomic mass is 10.3. The van der Waals surface area contributed by atoms with Gasteiger partial charge in [0, 0.05) is 101 Å². The average Bonchev–Trinajstić information content (AvgIpc) is 4.37. The van der Waals surface area contributed by atoms with E-state index in [4.69, 9.17) is 4.84 Å². The van der Waals surface area contributed by atoms with Gasteiger partial charge < -0.3 is 67.6 Å². The molecule has 0 aromatic rings. The number of carbonyl (C=O) groups excluding carboxylic acids is 16. The van der Waals surface area contributed by atoms with Crippen LogP contribution in [0.5, 0.6) is 0 Å². The van der Waals surface area contributed by atoms with E-state index in [1.165, 1.54) is 96.7 Å². The second-order valence-corrected chi connectivity index (χ2v) is 12.9. The third-order valence-electron chi connectivity index (χ3n) is 8.51. The predicted molar refractivity (Wildman–Crippen MR) is 305 cm³/mol. The van der Waals surface area contributed by atoms with Gasteiger partial charge in [0.2, 0.25) is 17.7 Å². The summed E-state index contributed by atoms with van der Waals surface area (Å²) in [6, 6.07) is 0. The molecule has 0 radical (unpaired) electrons. The first-order valence-corrected chi connectivity index (χ1v) is 24.2. The number of nitrogens with zero attached hydrogens (tertiary/aromatic N) is 6. The number of carbonyl (C=O) groups is 16. The molecule has 0 aromatic carbocycles. The van der Waals surface area contributed by atoms with Gasteiger partial charge in [-0.25, -0.2) is 0 Å². The Bertz CT molecular complexity index is 1900. The maximum atomic E-state index is 11.2. The van der Waals surface area contributed by atoms with Gasteiger partial charge in [0.15, 0.2) is 5.78 Å². The molecule has 0 spiro atoms. The summed E-state index contributed by atoms with van der Waals surface area (Å²) in [7, 11) is 17.8. The fourth-order valence-corrected chi connectivity index (χ4v) is 4.88. The zero-order valence-corrected chi connectivity index (χ0v) is 49.5. The summed E-state index contributed by atoms with van der Waals surface area (Å²) in [4.78, 5) is 184. The van der Waals surface area contributed by atoms with Crippen LogP contribution in [-0.4, -0.2) is 248 Å². The molecule has 15 amide bonds. The van der Waals surface area contributed by atoms with E-state index >= 15 is 0 Å². The normalized spacial score (nSPS) is 13.8. The SMILES string of the molecule is CCC(=O)CN1C(=O)C=CC1=O.CN.CN.CN.CN.CN.CN.CN.CN.CN.CNC(=O)CN1C(=O)C=CC1=O.CNC(=O)CN1C(=O)C=CC1=O.CNC(=O)CN1C(=O)C=CC1=O.O=C1C=CC(=O)N1CCON1C(=O)CCC1=O. The molecule has 6 heterocycles. The molecule has 35 nitrogen and oxygen atoms in total. The standard InChI is InChI=1S/C10H10N2O5.C8H9NO3.3C7H8N2O3.9CH5N/c13-7-1-2-8(14)11(7)5-6-17-12-9(15)3-4-10(12)16;1-2-6(10)5-9-7(11)3-4-8(9)12;3*1-8-5(10)4-9-6(11)2-3-7(9)12;9*1-2/h1-2H,3-6H2;3-4H,2,5H2,1H3;3*2-3H,4H2,1H3,(H,8,10);9*2H2,1H3. The molecule has 0 atom stereocenters. The van der Waals surface area contributed by atoms with Gasteiger partial charge in [-0.3, -0.25) is 106 Å². The molecule has 1 saturated heterocycles. The van der Waals surface area contributed by atoms with Crippen molar-refractivity contribution in [3.63, 3.8) is 0 Å². The fourth-order valence-electron chi connectivity index (χ4n) is 4.88. The summed E-state index contributed by atoms with van der Waals surface area (Å²) >= 11 is 0. The van der Waals surface area contributed by atoms with Crippen LogP contribution in [-0.2, 0) is 81.6 Å². The zero-order valence-electron chi connectivity index (χ0n) is 49.5. The Morgan fingerprint density at radius 3 is 0.747 bits per heavy atom. The number of nitrogens with two attached hydrogens (primary N) is 9.